The summed E-state index contributed by atoms with van der Waals surface area (Å²) in [7, 11) is 0. The summed E-state index contributed by atoms with van der Waals surface area (Å²) >= 11 is 0. The largest absolute Gasteiger partial charge is 0.478 e. The van der Waals surface area contributed by atoms with Crippen LogP contribution in [-0.4, -0.2) is 16.6 Å². The Morgan fingerprint density at radius 3 is 2.00 bits per heavy atom. The minimum Gasteiger partial charge on any atom is -0.478 e. The standard InChI is InChI=1S/C5H6O2.H2O/c1-3-4(2)5(6)7;/h3H,1-2H2,(H,6,7);1H2. The van der Waals surface area contributed by atoms with Gasteiger partial charge in [0.2, 0.25) is 0 Å². The van der Waals surface area contributed by atoms with Crippen molar-refractivity contribution in [1.29, 1.82) is 0 Å². The molecule has 46 valence electrons. The first-order valence-electron chi connectivity index (χ1n) is 1.73. The maximum Gasteiger partial charge on any atom is 0.335 e. The molecule has 8 heavy (non-hydrogen) atoms. The quantitative estimate of drug-likeness (QED) is 0.407. The smallest absolute Gasteiger partial charge is 0.335 e. The second-order valence-corrected chi connectivity index (χ2v) is 1.03. The van der Waals surface area contributed by atoms with E-state index in [0.717, 1.165) is 0 Å². The maximum absolute atomic E-state index is 9.76. The lowest BCUT2D eigenvalue weighted by molar-refractivity contribution is -0.132. The van der Waals surface area contributed by atoms with Gasteiger partial charge in [0, 0.05) is 0 Å². The fourth-order valence-electron chi connectivity index (χ4n) is 0.0873. The zero-order chi connectivity index (χ0) is 5.86. The Labute approximate surface area is 47.3 Å². The fraction of sp³-hybridized carbons (Fsp3) is 0. The minimum atomic E-state index is -1.02. The lowest BCUT2D eigenvalue weighted by atomic mass is 10.3. The Morgan fingerprint density at radius 1 is 1.62 bits per heavy atom. The Bertz CT molecular complexity index is 115. The molecule has 0 spiro atoms. The molecule has 0 heterocycles. The first-order chi connectivity index (χ1) is 3.18. The molecule has 0 aromatic heterocycles. The average Bonchev–Trinajstić information content (AvgIpc) is 1.65. The van der Waals surface area contributed by atoms with Crippen LogP contribution in [0.3, 0.4) is 0 Å². The van der Waals surface area contributed by atoms with Crippen molar-refractivity contribution in [3.63, 3.8) is 0 Å². The van der Waals surface area contributed by atoms with Crippen LogP contribution in [0.5, 0.6) is 0 Å². The Kier molecular flexibility index (Phi) is 5.10. The van der Waals surface area contributed by atoms with E-state index in [1.165, 1.54) is 6.08 Å². The van der Waals surface area contributed by atoms with E-state index in [-0.39, 0.29) is 11.0 Å². The number of hydrogen-bond donors (Lipinski definition) is 1. The van der Waals surface area contributed by atoms with Crippen molar-refractivity contribution in [1.82, 2.24) is 0 Å². The second-order valence-electron chi connectivity index (χ2n) is 1.03. The van der Waals surface area contributed by atoms with Crippen LogP contribution < -0.4 is 0 Å². The van der Waals surface area contributed by atoms with Crippen LogP contribution in [0.15, 0.2) is 24.8 Å². The van der Waals surface area contributed by atoms with Gasteiger partial charge in [-0.1, -0.05) is 19.2 Å². The van der Waals surface area contributed by atoms with Gasteiger partial charge in [-0.3, -0.25) is 0 Å². The van der Waals surface area contributed by atoms with Crippen LogP contribution in [0.2, 0.25) is 0 Å². The fourth-order valence-corrected chi connectivity index (χ4v) is 0.0873. The van der Waals surface area contributed by atoms with Gasteiger partial charge in [0.25, 0.3) is 0 Å². The third kappa shape index (κ3) is 3.11. The summed E-state index contributed by atoms with van der Waals surface area (Å²) in [6.45, 7) is 6.36. The van der Waals surface area contributed by atoms with Gasteiger partial charge in [-0.15, -0.1) is 0 Å². The Balaban J connectivity index is 0. The molecule has 0 amide bonds. The molecular weight excluding hydrogens is 108 g/mol. The average molecular weight is 116 g/mol. The van der Waals surface area contributed by atoms with Crippen molar-refractivity contribution in [3.05, 3.63) is 24.8 Å². The van der Waals surface area contributed by atoms with Crippen molar-refractivity contribution in [2.45, 2.75) is 0 Å². The first kappa shape index (κ1) is 10.0. The molecule has 3 N–H and O–H groups in total. The summed E-state index contributed by atoms with van der Waals surface area (Å²) in [6, 6.07) is 0. The van der Waals surface area contributed by atoms with Crippen LogP contribution in [0.4, 0.5) is 0 Å². The summed E-state index contributed by atoms with van der Waals surface area (Å²) in [5, 5.41) is 8.01. The van der Waals surface area contributed by atoms with Crippen molar-refractivity contribution >= 4 is 5.97 Å². The molecule has 0 aliphatic heterocycles. The zero-order valence-electron chi connectivity index (χ0n) is 4.35. The van der Waals surface area contributed by atoms with E-state index in [1.807, 2.05) is 0 Å². The third-order valence-electron chi connectivity index (χ3n) is 0.521. The number of carbonyl (C=O) groups is 1. The molecule has 0 bridgehead atoms. The molecule has 0 saturated heterocycles. The highest BCUT2D eigenvalue weighted by Gasteiger charge is 1.93. The third-order valence-corrected chi connectivity index (χ3v) is 0.521. The van der Waals surface area contributed by atoms with Gasteiger partial charge in [-0.25, -0.2) is 4.79 Å². The number of carboxylic acids is 1. The minimum absolute atomic E-state index is 0. The van der Waals surface area contributed by atoms with Crippen molar-refractivity contribution < 1.29 is 15.4 Å². The summed E-state index contributed by atoms with van der Waals surface area (Å²) in [5.74, 6) is -1.02. The molecule has 0 saturated carbocycles. The number of carboxylic acid groups (broad SMARTS) is 1. The number of hydrogen-bond acceptors (Lipinski definition) is 1. The van der Waals surface area contributed by atoms with Crippen molar-refractivity contribution in [2.75, 3.05) is 0 Å². The summed E-state index contributed by atoms with van der Waals surface area (Å²) in [5.41, 5.74) is 0.0278. The van der Waals surface area contributed by atoms with Crippen LogP contribution >= 0.6 is 0 Å². The van der Waals surface area contributed by atoms with E-state index in [1.54, 1.807) is 0 Å². The van der Waals surface area contributed by atoms with Gasteiger partial charge in [-0.05, 0) is 0 Å². The monoisotopic (exact) mass is 116 g/mol. The van der Waals surface area contributed by atoms with Gasteiger partial charge in [0.1, 0.15) is 0 Å². The molecule has 3 heteroatoms. The van der Waals surface area contributed by atoms with Crippen LogP contribution in [0.25, 0.3) is 0 Å². The number of rotatable bonds is 2. The molecule has 0 rings (SSSR count). The molecule has 0 aliphatic rings. The highest BCUT2D eigenvalue weighted by atomic mass is 16.4. The van der Waals surface area contributed by atoms with Gasteiger partial charge in [0.15, 0.2) is 0 Å². The first-order valence-corrected chi connectivity index (χ1v) is 1.73. The molecule has 0 aromatic carbocycles. The Hall–Kier alpha value is -1.09. The van der Waals surface area contributed by atoms with E-state index in [9.17, 15) is 4.79 Å². The maximum atomic E-state index is 9.76. The predicted octanol–water partition coefficient (Wildman–Crippen LogP) is -0.0115. The summed E-state index contributed by atoms with van der Waals surface area (Å²) in [4.78, 5) is 9.76. The van der Waals surface area contributed by atoms with Crippen LogP contribution in [0, 0.1) is 0 Å². The van der Waals surface area contributed by atoms with E-state index in [0.29, 0.717) is 0 Å². The van der Waals surface area contributed by atoms with Crippen LogP contribution in [-0.2, 0) is 4.79 Å². The predicted molar refractivity (Wildman–Crippen MR) is 30.6 cm³/mol. The van der Waals surface area contributed by atoms with Gasteiger partial charge in [-0.2, -0.15) is 0 Å². The summed E-state index contributed by atoms with van der Waals surface area (Å²) in [6.07, 6.45) is 1.20. The molecule has 0 unspecified atom stereocenters. The molecule has 0 aliphatic carbocycles. The lowest BCUT2D eigenvalue weighted by Crippen LogP contribution is -1.93. The highest BCUT2D eigenvalue weighted by Crippen LogP contribution is 1.86. The van der Waals surface area contributed by atoms with Crippen molar-refractivity contribution in [3.8, 4) is 0 Å². The van der Waals surface area contributed by atoms with Crippen LogP contribution in [0.1, 0.15) is 0 Å². The normalized spacial score (nSPS) is 6.50. The topological polar surface area (TPSA) is 68.8 Å². The van der Waals surface area contributed by atoms with Gasteiger partial charge < -0.3 is 10.6 Å². The molecule has 3 nitrogen and oxygen atoms in total. The lowest BCUT2D eigenvalue weighted by Gasteiger charge is -1.82. The molecule has 0 fully saturated rings. The number of aliphatic carboxylic acids is 1. The van der Waals surface area contributed by atoms with Crippen molar-refractivity contribution in [2.24, 2.45) is 0 Å². The summed E-state index contributed by atoms with van der Waals surface area (Å²) < 4.78 is 0. The second kappa shape index (κ2) is 4.08. The van der Waals surface area contributed by atoms with E-state index in [2.05, 4.69) is 13.2 Å². The van der Waals surface area contributed by atoms with E-state index < -0.39 is 5.97 Å². The molecule has 0 atom stereocenters. The SMILES string of the molecule is C=CC(=C)C(=O)O.O. The Morgan fingerprint density at radius 2 is 2.00 bits per heavy atom. The molecule has 0 aromatic rings. The zero-order valence-corrected chi connectivity index (χ0v) is 4.35. The molecular formula is C5H8O3. The molecule has 0 radical (unpaired) electrons. The van der Waals surface area contributed by atoms with Gasteiger partial charge in [0.05, 0.1) is 5.57 Å². The highest BCUT2D eigenvalue weighted by molar-refractivity contribution is 5.88. The van der Waals surface area contributed by atoms with Gasteiger partial charge >= 0.3 is 5.97 Å². The van der Waals surface area contributed by atoms with E-state index in [4.69, 9.17) is 5.11 Å². The van der Waals surface area contributed by atoms with E-state index >= 15 is 0 Å².